The van der Waals surface area contributed by atoms with Crippen LogP contribution in [0.15, 0.2) is 134 Å². The molecule has 6 heteroatoms. The van der Waals surface area contributed by atoms with Crippen LogP contribution in [-0.4, -0.2) is 37.2 Å². The summed E-state index contributed by atoms with van der Waals surface area (Å²) in [6.45, 7) is 6.41. The van der Waals surface area contributed by atoms with Gasteiger partial charge in [0.25, 0.3) is 0 Å². The van der Waals surface area contributed by atoms with Crippen LogP contribution in [0.2, 0.25) is 0 Å². The lowest BCUT2D eigenvalue weighted by atomic mass is 10.1. The minimum absolute atomic E-state index is 0.0911. The number of carbonyl (C=O) groups excluding carboxylic acids is 3. The van der Waals surface area contributed by atoms with Crippen LogP contribution >= 0.6 is 0 Å². The van der Waals surface area contributed by atoms with Crippen molar-refractivity contribution in [2.24, 2.45) is 0 Å². The van der Waals surface area contributed by atoms with Crippen molar-refractivity contribution in [3.05, 3.63) is 134 Å². The Labute approximate surface area is 506 Å². The molecule has 6 nitrogen and oxygen atoms in total. The van der Waals surface area contributed by atoms with Gasteiger partial charge in [-0.25, -0.2) is 0 Å². The molecule has 82 heavy (non-hydrogen) atoms. The van der Waals surface area contributed by atoms with Gasteiger partial charge in [-0.2, -0.15) is 0 Å². The van der Waals surface area contributed by atoms with Gasteiger partial charge in [-0.05, 0) is 135 Å². The van der Waals surface area contributed by atoms with Crippen LogP contribution in [-0.2, 0) is 28.6 Å². The standard InChI is InChI=1S/C76H126O6/c1-4-7-10-13-16-19-22-25-28-31-34-36-37-38-39-41-42-45-48-51-54-57-60-63-66-69-75(78)81-72-73(71-80-74(77)68-65-62-59-56-53-50-47-44-33-30-27-24-21-18-15-12-9-6-3)82-76(79)70-67-64-61-58-55-52-49-46-43-40-35-32-29-26-23-20-17-14-11-8-5-2/h7-8,10-11,16-17,19-20,25-26,28-30,33-36,38-40,42,45,73H,4-6,9,12-15,18,21-24,27,31-32,37,41,43-44,46-72H2,1-3H3/b10-7-,11-8-,19-16-,20-17-,28-25-,29-26-,33-30-,36-34-,39-38-,40-35-,45-42-. The summed E-state index contributed by atoms with van der Waals surface area (Å²) in [5.41, 5.74) is 0. The summed E-state index contributed by atoms with van der Waals surface area (Å²) in [5, 5.41) is 0. The number of unbranched alkanes of at least 4 members (excludes halogenated alkanes) is 28. The first-order chi connectivity index (χ1) is 40.5. The number of allylic oxidation sites excluding steroid dienone is 22. The van der Waals surface area contributed by atoms with Crippen molar-refractivity contribution in [1.29, 1.82) is 0 Å². The normalized spacial score (nSPS) is 13.0. The van der Waals surface area contributed by atoms with E-state index in [1.165, 1.54) is 128 Å². The fourth-order valence-electron chi connectivity index (χ4n) is 9.32. The minimum Gasteiger partial charge on any atom is -0.462 e. The van der Waals surface area contributed by atoms with Crippen LogP contribution in [0.4, 0.5) is 0 Å². The molecular weight excluding hydrogens is 1010 g/mol. The fraction of sp³-hybridized carbons (Fsp3) is 0.671. The maximum Gasteiger partial charge on any atom is 0.306 e. The third kappa shape index (κ3) is 66.4. The molecule has 0 saturated heterocycles. The lowest BCUT2D eigenvalue weighted by molar-refractivity contribution is -0.167. The maximum atomic E-state index is 13.0. The molecular formula is C76H126O6. The summed E-state index contributed by atoms with van der Waals surface area (Å²) < 4.78 is 17.0. The zero-order chi connectivity index (χ0) is 59.2. The summed E-state index contributed by atoms with van der Waals surface area (Å²) in [6.07, 6.45) is 97.4. The van der Waals surface area contributed by atoms with E-state index in [0.717, 1.165) is 141 Å². The van der Waals surface area contributed by atoms with Crippen LogP contribution in [0.1, 0.15) is 310 Å². The maximum absolute atomic E-state index is 13.0. The SMILES string of the molecule is CC/C=C\C/C=C\C/C=C\C/C=C\C/C=C\C/C=C\CCCCCCCCC(=O)OCC(COC(=O)CCCCCCCCC/C=C\CCCCCCCCC)OC(=O)CCCCCCCCCC/C=C\C/C=C\C/C=C\C/C=C\CC. The van der Waals surface area contributed by atoms with E-state index < -0.39 is 6.10 Å². The van der Waals surface area contributed by atoms with Crippen molar-refractivity contribution in [3.8, 4) is 0 Å². The summed E-state index contributed by atoms with van der Waals surface area (Å²) in [4.78, 5) is 38.5. The highest BCUT2D eigenvalue weighted by atomic mass is 16.6. The number of hydrogen-bond acceptors (Lipinski definition) is 6. The first kappa shape index (κ1) is 77.5. The zero-order valence-electron chi connectivity index (χ0n) is 53.5. The van der Waals surface area contributed by atoms with E-state index in [2.05, 4.69) is 154 Å². The lowest BCUT2D eigenvalue weighted by Crippen LogP contribution is -2.30. The van der Waals surface area contributed by atoms with Gasteiger partial charge < -0.3 is 14.2 Å². The summed E-state index contributed by atoms with van der Waals surface area (Å²) in [7, 11) is 0. The molecule has 0 aromatic carbocycles. The number of hydrogen-bond donors (Lipinski definition) is 0. The Kier molecular flexibility index (Phi) is 65.3. The van der Waals surface area contributed by atoms with Crippen LogP contribution in [0.3, 0.4) is 0 Å². The van der Waals surface area contributed by atoms with Crippen LogP contribution in [0.5, 0.6) is 0 Å². The van der Waals surface area contributed by atoms with Gasteiger partial charge in [0.05, 0.1) is 0 Å². The molecule has 0 aromatic rings. The van der Waals surface area contributed by atoms with Gasteiger partial charge in [0.15, 0.2) is 6.10 Å². The Morgan fingerprint density at radius 3 is 0.756 bits per heavy atom. The molecule has 1 atom stereocenters. The average molecular weight is 1140 g/mol. The molecule has 0 aromatic heterocycles. The molecule has 0 spiro atoms. The quantitative estimate of drug-likeness (QED) is 0.0261. The highest BCUT2D eigenvalue weighted by Gasteiger charge is 2.19. The average Bonchev–Trinajstić information content (AvgIpc) is 3.47. The Bertz CT molecular complexity index is 1730. The molecule has 0 heterocycles. The topological polar surface area (TPSA) is 78.9 Å². The minimum atomic E-state index is -0.798. The molecule has 0 fully saturated rings. The summed E-state index contributed by atoms with van der Waals surface area (Å²) in [5.74, 6) is -0.911. The lowest BCUT2D eigenvalue weighted by Gasteiger charge is -2.18. The molecule has 0 radical (unpaired) electrons. The fourth-order valence-corrected chi connectivity index (χ4v) is 9.32. The molecule has 0 aliphatic heterocycles. The summed E-state index contributed by atoms with van der Waals surface area (Å²) >= 11 is 0. The first-order valence-corrected chi connectivity index (χ1v) is 34.2. The second-order valence-electron chi connectivity index (χ2n) is 22.3. The van der Waals surface area contributed by atoms with Gasteiger partial charge >= 0.3 is 17.9 Å². The molecule has 0 aliphatic carbocycles. The third-order valence-corrected chi connectivity index (χ3v) is 14.4. The second kappa shape index (κ2) is 69.0. The van der Waals surface area contributed by atoms with Gasteiger partial charge in [0.2, 0.25) is 0 Å². The van der Waals surface area contributed by atoms with Crippen molar-refractivity contribution in [3.63, 3.8) is 0 Å². The van der Waals surface area contributed by atoms with Crippen LogP contribution in [0.25, 0.3) is 0 Å². The van der Waals surface area contributed by atoms with Crippen molar-refractivity contribution in [2.45, 2.75) is 316 Å². The number of ether oxygens (including phenoxy) is 3. The van der Waals surface area contributed by atoms with Crippen molar-refractivity contribution >= 4 is 17.9 Å². The van der Waals surface area contributed by atoms with E-state index in [0.29, 0.717) is 19.3 Å². The van der Waals surface area contributed by atoms with Crippen molar-refractivity contribution in [1.82, 2.24) is 0 Å². The molecule has 0 rings (SSSR count). The predicted molar refractivity (Wildman–Crippen MR) is 357 cm³/mol. The molecule has 0 bridgehead atoms. The van der Waals surface area contributed by atoms with E-state index >= 15 is 0 Å². The third-order valence-electron chi connectivity index (χ3n) is 14.4. The van der Waals surface area contributed by atoms with Gasteiger partial charge in [0, 0.05) is 19.3 Å². The Balaban J connectivity index is 4.45. The Morgan fingerprint density at radius 1 is 0.256 bits per heavy atom. The zero-order valence-corrected chi connectivity index (χ0v) is 53.5. The Morgan fingerprint density at radius 2 is 0.476 bits per heavy atom. The second-order valence-corrected chi connectivity index (χ2v) is 22.3. The van der Waals surface area contributed by atoms with Crippen molar-refractivity contribution in [2.75, 3.05) is 13.2 Å². The summed E-state index contributed by atoms with van der Waals surface area (Å²) in [6, 6.07) is 0. The van der Waals surface area contributed by atoms with E-state index in [4.69, 9.17) is 14.2 Å². The molecule has 0 N–H and O–H groups in total. The van der Waals surface area contributed by atoms with E-state index in [9.17, 15) is 14.4 Å². The molecule has 0 amide bonds. The molecule has 0 aliphatic rings. The number of esters is 3. The van der Waals surface area contributed by atoms with Gasteiger partial charge in [-0.3, -0.25) is 14.4 Å². The number of carbonyl (C=O) groups is 3. The largest absolute Gasteiger partial charge is 0.462 e. The van der Waals surface area contributed by atoms with Crippen LogP contribution < -0.4 is 0 Å². The Hall–Kier alpha value is -4.45. The van der Waals surface area contributed by atoms with Crippen LogP contribution in [0, 0.1) is 0 Å². The number of rotatable bonds is 61. The van der Waals surface area contributed by atoms with Gasteiger partial charge in [0.1, 0.15) is 13.2 Å². The first-order valence-electron chi connectivity index (χ1n) is 34.2. The molecule has 1 unspecified atom stereocenters. The van der Waals surface area contributed by atoms with E-state index in [1.54, 1.807) is 0 Å². The van der Waals surface area contributed by atoms with E-state index in [1.807, 2.05) is 0 Å². The van der Waals surface area contributed by atoms with Gasteiger partial charge in [-0.15, -0.1) is 0 Å². The highest BCUT2D eigenvalue weighted by molar-refractivity contribution is 5.71. The smallest absolute Gasteiger partial charge is 0.306 e. The monoisotopic (exact) mass is 1130 g/mol. The highest BCUT2D eigenvalue weighted by Crippen LogP contribution is 2.16. The molecule has 0 saturated carbocycles. The predicted octanol–water partition coefficient (Wildman–Crippen LogP) is 23.7. The van der Waals surface area contributed by atoms with E-state index in [-0.39, 0.29) is 31.1 Å². The molecule has 466 valence electrons. The van der Waals surface area contributed by atoms with Crippen molar-refractivity contribution < 1.29 is 28.6 Å². The van der Waals surface area contributed by atoms with Gasteiger partial charge in [-0.1, -0.05) is 289 Å².